The first-order valence-electron chi connectivity index (χ1n) is 4.30. The van der Waals surface area contributed by atoms with E-state index in [-0.39, 0.29) is 0 Å². The van der Waals surface area contributed by atoms with Crippen LogP contribution in [0.1, 0.15) is 5.69 Å². The fraction of sp³-hybridized carbons (Fsp3) is 0.200. The number of nitrogens with zero attached hydrogens (tertiary/aromatic N) is 1. The lowest BCUT2D eigenvalue weighted by Gasteiger charge is -1.94. The predicted octanol–water partition coefficient (Wildman–Crippen LogP) is 1.54. The minimum absolute atomic E-state index is 0.333. The maximum Gasteiger partial charge on any atom is 0.293 e. The second kappa shape index (κ2) is 3.91. The van der Waals surface area contributed by atoms with E-state index in [2.05, 4.69) is 9.89 Å². The highest BCUT2D eigenvalue weighted by Crippen LogP contribution is 2.17. The predicted molar refractivity (Wildman–Crippen MR) is 49.7 cm³/mol. The van der Waals surface area contributed by atoms with E-state index in [1.807, 2.05) is 24.3 Å². The van der Waals surface area contributed by atoms with Gasteiger partial charge in [-0.2, -0.15) is 0 Å². The van der Waals surface area contributed by atoms with Gasteiger partial charge in [0, 0.05) is 11.8 Å². The molecule has 0 aliphatic rings. The fourth-order valence-electron chi connectivity index (χ4n) is 1.32. The van der Waals surface area contributed by atoms with Gasteiger partial charge in [-0.25, -0.2) is 0 Å². The van der Waals surface area contributed by atoms with E-state index in [1.54, 1.807) is 0 Å². The van der Waals surface area contributed by atoms with Crippen LogP contribution in [0.2, 0.25) is 0 Å². The first kappa shape index (κ1) is 8.74. The molecule has 0 aliphatic carbocycles. The van der Waals surface area contributed by atoms with Crippen LogP contribution in [0.3, 0.4) is 0 Å². The monoisotopic (exact) mass is 191 g/mol. The molecule has 4 heteroatoms. The zero-order valence-electron chi connectivity index (χ0n) is 7.47. The molecular weight excluding hydrogens is 182 g/mol. The lowest BCUT2D eigenvalue weighted by Crippen LogP contribution is -1.96. The number of ether oxygens (including phenoxy) is 1. The van der Waals surface area contributed by atoms with E-state index in [0.29, 0.717) is 19.5 Å². The van der Waals surface area contributed by atoms with Crippen molar-refractivity contribution in [3.8, 4) is 0 Å². The summed E-state index contributed by atoms with van der Waals surface area (Å²) in [7, 11) is 0. The first-order chi connectivity index (χ1) is 6.92. The Morgan fingerprint density at radius 3 is 3.14 bits per heavy atom. The van der Waals surface area contributed by atoms with Gasteiger partial charge in [-0.3, -0.25) is 4.79 Å². The highest BCUT2D eigenvalue weighted by atomic mass is 16.5. The van der Waals surface area contributed by atoms with Crippen LogP contribution in [-0.4, -0.2) is 18.2 Å². The molecule has 0 amide bonds. The Kier molecular flexibility index (Phi) is 2.44. The van der Waals surface area contributed by atoms with Gasteiger partial charge >= 0.3 is 0 Å². The third kappa shape index (κ3) is 1.59. The molecule has 4 nitrogen and oxygen atoms in total. The number of carbonyl (C=O) groups is 1. The molecule has 2 aromatic rings. The Morgan fingerprint density at radius 1 is 1.43 bits per heavy atom. The molecule has 72 valence electrons. The molecule has 14 heavy (non-hydrogen) atoms. The van der Waals surface area contributed by atoms with Crippen LogP contribution < -0.4 is 0 Å². The summed E-state index contributed by atoms with van der Waals surface area (Å²) in [6.07, 6.45) is 0.579. The van der Waals surface area contributed by atoms with Gasteiger partial charge in [-0.05, 0) is 12.1 Å². The van der Waals surface area contributed by atoms with Gasteiger partial charge in [0.25, 0.3) is 6.47 Å². The molecule has 0 bridgehead atoms. The molecule has 1 aromatic carbocycles. The van der Waals surface area contributed by atoms with Gasteiger partial charge in [0.1, 0.15) is 0 Å². The Hall–Kier alpha value is -1.84. The number of rotatable bonds is 4. The Balaban J connectivity index is 2.20. The number of hydrogen-bond acceptors (Lipinski definition) is 4. The number of hydrogen-bond donors (Lipinski definition) is 0. The molecular formula is C10H9NO3. The molecule has 0 spiro atoms. The van der Waals surface area contributed by atoms with Gasteiger partial charge in [0.05, 0.1) is 12.3 Å². The largest absolute Gasteiger partial charge is 0.467 e. The second-order valence-corrected chi connectivity index (χ2v) is 2.84. The van der Waals surface area contributed by atoms with E-state index in [1.165, 1.54) is 0 Å². The highest BCUT2D eigenvalue weighted by Gasteiger charge is 2.06. The fourth-order valence-corrected chi connectivity index (χ4v) is 1.32. The topological polar surface area (TPSA) is 52.3 Å². The highest BCUT2D eigenvalue weighted by molar-refractivity contribution is 5.79. The van der Waals surface area contributed by atoms with E-state index >= 15 is 0 Å². The van der Waals surface area contributed by atoms with Crippen molar-refractivity contribution < 1.29 is 14.1 Å². The SMILES string of the molecule is O=COCCc1noc2ccccc12. The summed E-state index contributed by atoms with van der Waals surface area (Å²) in [5.41, 5.74) is 1.58. The maximum absolute atomic E-state index is 9.93. The van der Waals surface area contributed by atoms with Crippen LogP contribution in [0.5, 0.6) is 0 Å². The summed E-state index contributed by atoms with van der Waals surface area (Å²) in [5.74, 6) is 0. The summed E-state index contributed by atoms with van der Waals surface area (Å²) in [6, 6.07) is 7.59. The average Bonchev–Trinajstić information content (AvgIpc) is 2.63. The minimum atomic E-state index is 0.333. The third-order valence-electron chi connectivity index (χ3n) is 1.98. The summed E-state index contributed by atoms with van der Waals surface area (Å²) >= 11 is 0. The molecule has 0 fully saturated rings. The van der Waals surface area contributed by atoms with Crippen LogP contribution >= 0.6 is 0 Å². The molecule has 0 atom stereocenters. The second-order valence-electron chi connectivity index (χ2n) is 2.84. The maximum atomic E-state index is 9.93. The zero-order valence-corrected chi connectivity index (χ0v) is 7.47. The number of aromatic nitrogens is 1. The standard InChI is InChI=1S/C10H9NO3/c12-7-13-6-5-9-8-3-1-2-4-10(8)14-11-9/h1-4,7H,5-6H2. The average molecular weight is 191 g/mol. The van der Waals surface area contributed by atoms with Crippen LogP contribution in [0.4, 0.5) is 0 Å². The molecule has 0 N–H and O–H groups in total. The smallest absolute Gasteiger partial charge is 0.293 e. The van der Waals surface area contributed by atoms with Crippen molar-refractivity contribution in [2.75, 3.05) is 6.61 Å². The van der Waals surface area contributed by atoms with E-state index in [0.717, 1.165) is 16.7 Å². The van der Waals surface area contributed by atoms with Gasteiger partial charge in [-0.1, -0.05) is 17.3 Å². The molecule has 0 radical (unpaired) electrons. The van der Waals surface area contributed by atoms with Crippen molar-refractivity contribution in [2.24, 2.45) is 0 Å². The number of carbonyl (C=O) groups excluding carboxylic acids is 1. The Labute approximate surface area is 80.4 Å². The van der Waals surface area contributed by atoms with E-state index in [9.17, 15) is 4.79 Å². The lowest BCUT2D eigenvalue weighted by atomic mass is 10.2. The minimum Gasteiger partial charge on any atom is -0.467 e. The Morgan fingerprint density at radius 2 is 2.29 bits per heavy atom. The van der Waals surface area contributed by atoms with Crippen molar-refractivity contribution in [1.82, 2.24) is 5.16 Å². The molecule has 0 saturated carbocycles. The van der Waals surface area contributed by atoms with Crippen molar-refractivity contribution >= 4 is 17.4 Å². The van der Waals surface area contributed by atoms with Crippen molar-refractivity contribution in [2.45, 2.75) is 6.42 Å². The van der Waals surface area contributed by atoms with Crippen molar-refractivity contribution in [3.05, 3.63) is 30.0 Å². The molecule has 1 heterocycles. The van der Waals surface area contributed by atoms with Gasteiger partial charge < -0.3 is 9.26 Å². The van der Waals surface area contributed by atoms with Gasteiger partial charge in [-0.15, -0.1) is 0 Å². The summed E-state index contributed by atoms with van der Waals surface area (Å²) < 4.78 is 9.68. The van der Waals surface area contributed by atoms with Crippen molar-refractivity contribution in [3.63, 3.8) is 0 Å². The van der Waals surface area contributed by atoms with Crippen LogP contribution in [0.15, 0.2) is 28.8 Å². The molecule has 1 aromatic heterocycles. The number of benzene rings is 1. The quantitative estimate of drug-likeness (QED) is 0.543. The van der Waals surface area contributed by atoms with E-state index < -0.39 is 0 Å². The van der Waals surface area contributed by atoms with Crippen molar-refractivity contribution in [1.29, 1.82) is 0 Å². The summed E-state index contributed by atoms with van der Waals surface area (Å²) in [5, 5.41) is 4.87. The van der Waals surface area contributed by atoms with E-state index in [4.69, 9.17) is 4.52 Å². The zero-order chi connectivity index (χ0) is 9.80. The van der Waals surface area contributed by atoms with Gasteiger partial charge in [0.2, 0.25) is 0 Å². The molecule has 2 rings (SSSR count). The third-order valence-corrected chi connectivity index (χ3v) is 1.98. The lowest BCUT2D eigenvalue weighted by molar-refractivity contribution is -0.128. The first-order valence-corrected chi connectivity index (χ1v) is 4.30. The summed E-state index contributed by atoms with van der Waals surface area (Å²) in [6.45, 7) is 0.766. The normalized spacial score (nSPS) is 10.3. The van der Waals surface area contributed by atoms with Crippen LogP contribution in [0, 0.1) is 0 Å². The molecule has 0 unspecified atom stereocenters. The Bertz CT molecular complexity index is 436. The van der Waals surface area contributed by atoms with Crippen LogP contribution in [-0.2, 0) is 16.0 Å². The summed E-state index contributed by atoms with van der Waals surface area (Å²) in [4.78, 5) is 9.93. The van der Waals surface area contributed by atoms with Gasteiger partial charge in [0.15, 0.2) is 5.58 Å². The molecule has 0 aliphatic heterocycles. The number of fused-ring (bicyclic) bond motifs is 1. The van der Waals surface area contributed by atoms with Crippen LogP contribution in [0.25, 0.3) is 11.0 Å². The number of para-hydroxylation sites is 1. The molecule has 0 saturated heterocycles.